The fourth-order valence-electron chi connectivity index (χ4n) is 3.35. The Bertz CT molecular complexity index is 1170. The van der Waals surface area contributed by atoms with E-state index in [9.17, 15) is 14.4 Å². The Kier molecular flexibility index (Phi) is 4.31. The van der Waals surface area contributed by atoms with Gasteiger partial charge in [0.25, 0.3) is 11.8 Å². The molecule has 0 saturated carbocycles. The molecule has 2 heterocycles. The lowest BCUT2D eigenvalue weighted by molar-refractivity contribution is -0.119. The molecule has 28 heavy (non-hydrogen) atoms. The molecule has 4 rings (SSSR count). The summed E-state index contributed by atoms with van der Waals surface area (Å²) in [5.74, 6) is -0.473. The molecule has 8 heteroatoms. The van der Waals surface area contributed by atoms with Crippen LogP contribution in [0.3, 0.4) is 0 Å². The van der Waals surface area contributed by atoms with Crippen LogP contribution < -0.4 is 15.9 Å². The van der Waals surface area contributed by atoms with E-state index < -0.39 is 11.9 Å². The van der Waals surface area contributed by atoms with Gasteiger partial charge >= 0.3 is 0 Å². The van der Waals surface area contributed by atoms with Crippen molar-refractivity contribution in [1.29, 1.82) is 0 Å². The van der Waals surface area contributed by atoms with Crippen molar-refractivity contribution < 1.29 is 18.7 Å². The maximum Gasteiger partial charge on any atom is 0.290 e. The van der Waals surface area contributed by atoms with Gasteiger partial charge in [0.1, 0.15) is 11.3 Å². The first-order valence-corrected chi connectivity index (χ1v) is 8.79. The van der Waals surface area contributed by atoms with Crippen molar-refractivity contribution in [3.63, 3.8) is 0 Å². The summed E-state index contributed by atoms with van der Waals surface area (Å²) in [7, 11) is 1.61. The molecule has 1 aliphatic rings. The second-order valence-electron chi connectivity index (χ2n) is 6.46. The maximum absolute atomic E-state index is 13.1. The molecule has 0 spiro atoms. The summed E-state index contributed by atoms with van der Waals surface area (Å²) in [5.41, 5.74) is 6.06. The van der Waals surface area contributed by atoms with E-state index in [-0.39, 0.29) is 29.3 Å². The van der Waals surface area contributed by atoms with Crippen LogP contribution in [0.5, 0.6) is 5.75 Å². The first-order valence-electron chi connectivity index (χ1n) is 8.41. The van der Waals surface area contributed by atoms with Crippen LogP contribution in [0.15, 0.2) is 51.7 Å². The monoisotopic (exact) mass is 398 g/mol. The van der Waals surface area contributed by atoms with Crippen LogP contribution in [0.2, 0.25) is 5.02 Å². The third-order valence-electron chi connectivity index (χ3n) is 4.64. The third-order valence-corrected chi connectivity index (χ3v) is 4.87. The predicted octanol–water partition coefficient (Wildman–Crippen LogP) is 2.49. The Morgan fingerprint density at radius 3 is 2.61 bits per heavy atom. The number of halogens is 1. The average molecular weight is 399 g/mol. The number of hydrogen-bond donors (Lipinski definition) is 1. The second-order valence-corrected chi connectivity index (χ2v) is 6.89. The van der Waals surface area contributed by atoms with Gasteiger partial charge in [-0.25, -0.2) is 0 Å². The largest absolute Gasteiger partial charge is 0.484 e. The van der Waals surface area contributed by atoms with Crippen molar-refractivity contribution in [3.05, 3.63) is 74.6 Å². The van der Waals surface area contributed by atoms with Crippen molar-refractivity contribution in [2.45, 2.75) is 6.04 Å². The lowest BCUT2D eigenvalue weighted by Gasteiger charge is -2.20. The molecule has 0 bridgehead atoms. The summed E-state index contributed by atoms with van der Waals surface area (Å²) in [4.78, 5) is 38.1. The van der Waals surface area contributed by atoms with Crippen molar-refractivity contribution in [2.24, 2.45) is 5.73 Å². The molecule has 2 N–H and O–H groups in total. The van der Waals surface area contributed by atoms with Crippen molar-refractivity contribution in [3.8, 4) is 5.75 Å². The molecule has 2 aromatic carbocycles. The maximum atomic E-state index is 13.1. The Morgan fingerprint density at radius 2 is 1.93 bits per heavy atom. The van der Waals surface area contributed by atoms with Crippen molar-refractivity contribution >= 4 is 34.4 Å². The topological polar surface area (TPSA) is 103 Å². The van der Waals surface area contributed by atoms with Crippen LogP contribution in [0.4, 0.5) is 0 Å². The van der Waals surface area contributed by atoms with Gasteiger partial charge in [-0.3, -0.25) is 14.4 Å². The molecule has 1 atom stereocenters. The standard InChI is InChI=1S/C20H15ClN2O5/c1-23-17(10-2-5-12(6-3-10)27-9-15(22)24)16-18(25)13-8-11(21)4-7-14(13)28-19(16)20(23)26/h2-8,17H,9H2,1H3,(H2,22,24). The van der Waals surface area contributed by atoms with E-state index in [0.29, 0.717) is 27.3 Å². The van der Waals surface area contributed by atoms with Gasteiger partial charge < -0.3 is 19.8 Å². The minimum Gasteiger partial charge on any atom is -0.484 e. The predicted molar refractivity (Wildman–Crippen MR) is 103 cm³/mol. The fraction of sp³-hybridized carbons (Fsp3) is 0.150. The minimum atomic E-state index is -0.604. The first-order chi connectivity index (χ1) is 13.4. The normalized spacial score (nSPS) is 15.7. The molecule has 1 unspecified atom stereocenters. The van der Waals surface area contributed by atoms with Gasteiger partial charge in [-0.15, -0.1) is 0 Å². The van der Waals surface area contributed by atoms with Crippen molar-refractivity contribution in [1.82, 2.24) is 4.90 Å². The number of nitrogens with zero attached hydrogens (tertiary/aromatic N) is 1. The lowest BCUT2D eigenvalue weighted by atomic mass is 9.99. The van der Waals surface area contributed by atoms with Crippen LogP contribution in [-0.4, -0.2) is 30.4 Å². The van der Waals surface area contributed by atoms with Crippen LogP contribution in [-0.2, 0) is 4.79 Å². The molecule has 7 nitrogen and oxygen atoms in total. The van der Waals surface area contributed by atoms with Gasteiger partial charge in [-0.05, 0) is 35.9 Å². The molecule has 1 aliphatic heterocycles. The Balaban J connectivity index is 1.81. The zero-order valence-corrected chi connectivity index (χ0v) is 15.5. The summed E-state index contributed by atoms with van der Waals surface area (Å²) in [6.07, 6.45) is 0. The highest BCUT2D eigenvalue weighted by Gasteiger charge is 2.40. The second kappa shape index (κ2) is 6.69. The number of carbonyl (C=O) groups is 2. The summed E-state index contributed by atoms with van der Waals surface area (Å²) in [6, 6.07) is 10.8. The highest BCUT2D eigenvalue weighted by Crippen LogP contribution is 2.37. The van der Waals surface area contributed by atoms with Gasteiger partial charge in [-0.1, -0.05) is 23.7 Å². The van der Waals surface area contributed by atoms with E-state index >= 15 is 0 Å². The summed E-state index contributed by atoms with van der Waals surface area (Å²) in [5, 5.41) is 0.727. The van der Waals surface area contributed by atoms with E-state index in [1.807, 2.05) is 0 Å². The van der Waals surface area contributed by atoms with Gasteiger partial charge in [0.05, 0.1) is 17.0 Å². The molecular weight excluding hydrogens is 384 g/mol. The summed E-state index contributed by atoms with van der Waals surface area (Å²) >= 11 is 6.02. The van der Waals surface area contributed by atoms with Crippen LogP contribution in [0, 0.1) is 0 Å². The van der Waals surface area contributed by atoms with Crippen LogP contribution in [0.25, 0.3) is 11.0 Å². The zero-order valence-electron chi connectivity index (χ0n) is 14.8. The van der Waals surface area contributed by atoms with E-state index in [1.165, 1.54) is 11.0 Å². The minimum absolute atomic E-state index is 0.0291. The van der Waals surface area contributed by atoms with E-state index in [1.54, 1.807) is 43.4 Å². The van der Waals surface area contributed by atoms with Gasteiger partial charge in [0.15, 0.2) is 12.0 Å². The Morgan fingerprint density at radius 1 is 1.21 bits per heavy atom. The summed E-state index contributed by atoms with van der Waals surface area (Å²) < 4.78 is 11.0. The van der Waals surface area contributed by atoms with Gasteiger partial charge in [-0.2, -0.15) is 0 Å². The summed E-state index contributed by atoms with van der Waals surface area (Å²) in [6.45, 7) is -0.236. The average Bonchev–Trinajstić information content (AvgIpc) is 2.93. The smallest absolute Gasteiger partial charge is 0.290 e. The third kappa shape index (κ3) is 2.90. The number of primary amides is 1. The Hall–Kier alpha value is -3.32. The SMILES string of the molecule is CN1C(=O)c2oc3ccc(Cl)cc3c(=O)c2C1c1ccc(OCC(N)=O)cc1. The number of benzene rings is 2. The van der Waals surface area contributed by atoms with Gasteiger partial charge in [0.2, 0.25) is 5.76 Å². The number of fused-ring (bicyclic) bond motifs is 2. The van der Waals surface area contributed by atoms with Crippen LogP contribution in [0.1, 0.15) is 27.7 Å². The van der Waals surface area contributed by atoms with E-state index in [2.05, 4.69) is 0 Å². The number of amides is 2. The van der Waals surface area contributed by atoms with Crippen LogP contribution >= 0.6 is 11.6 Å². The molecule has 0 saturated heterocycles. The molecule has 0 radical (unpaired) electrons. The molecule has 1 aromatic heterocycles. The highest BCUT2D eigenvalue weighted by molar-refractivity contribution is 6.31. The molecule has 2 amide bonds. The molecule has 142 valence electrons. The number of carbonyl (C=O) groups excluding carboxylic acids is 2. The number of ether oxygens (including phenoxy) is 1. The quantitative estimate of drug-likeness (QED) is 0.727. The lowest BCUT2D eigenvalue weighted by Crippen LogP contribution is -2.25. The molecule has 3 aromatic rings. The van der Waals surface area contributed by atoms with E-state index in [4.69, 9.17) is 26.5 Å². The first kappa shape index (κ1) is 18.1. The molecular formula is C20H15ClN2O5. The Labute approximate surface area is 164 Å². The highest BCUT2D eigenvalue weighted by atomic mass is 35.5. The number of hydrogen-bond acceptors (Lipinski definition) is 5. The fourth-order valence-corrected chi connectivity index (χ4v) is 3.52. The number of nitrogens with two attached hydrogens (primary N) is 1. The van der Waals surface area contributed by atoms with Crippen molar-refractivity contribution in [2.75, 3.05) is 13.7 Å². The zero-order chi connectivity index (χ0) is 20.0. The molecule has 0 aliphatic carbocycles. The number of rotatable bonds is 4. The van der Waals surface area contributed by atoms with Gasteiger partial charge in [0, 0.05) is 12.1 Å². The van der Waals surface area contributed by atoms with E-state index in [0.717, 1.165) is 0 Å². The molecule has 0 fully saturated rings.